The monoisotopic (exact) mass is 394 g/mol. The van der Waals surface area contributed by atoms with Crippen molar-refractivity contribution in [3.8, 4) is 0 Å². The molecule has 0 unspecified atom stereocenters. The highest BCUT2D eigenvalue weighted by Crippen LogP contribution is 2.59. The van der Waals surface area contributed by atoms with Crippen molar-refractivity contribution in [1.82, 2.24) is 10.2 Å². The average Bonchev–Trinajstić information content (AvgIpc) is 3.43. The van der Waals surface area contributed by atoms with Crippen molar-refractivity contribution < 1.29 is 14.3 Å². The summed E-state index contributed by atoms with van der Waals surface area (Å²) in [4.78, 5) is 29.1. The first-order valence-electron chi connectivity index (χ1n) is 10.9. The number of nitrogens with one attached hydrogen (secondary N) is 1. The molecule has 1 aromatic rings. The SMILES string of the molecule is CC(C)(C)N1C(=O)[C@H]2[C@@H](c3ccccc3)[C@H]3C=C[C@]2(O3)[C@@H]1C(=O)NC1CCCC1. The molecule has 0 radical (unpaired) electrons. The third kappa shape index (κ3) is 2.70. The van der Waals surface area contributed by atoms with Crippen molar-refractivity contribution in [2.75, 3.05) is 0 Å². The van der Waals surface area contributed by atoms with Crippen LogP contribution < -0.4 is 5.32 Å². The van der Waals surface area contributed by atoms with E-state index in [0.29, 0.717) is 0 Å². The van der Waals surface area contributed by atoms with Gasteiger partial charge in [-0.15, -0.1) is 0 Å². The van der Waals surface area contributed by atoms with Crippen LogP contribution in [0.25, 0.3) is 0 Å². The van der Waals surface area contributed by atoms with Crippen molar-refractivity contribution in [2.24, 2.45) is 5.92 Å². The highest BCUT2D eigenvalue weighted by molar-refractivity contribution is 5.97. The molecule has 154 valence electrons. The van der Waals surface area contributed by atoms with Gasteiger partial charge in [-0.25, -0.2) is 0 Å². The molecule has 0 aromatic heterocycles. The van der Waals surface area contributed by atoms with Crippen LogP contribution in [-0.4, -0.2) is 46.0 Å². The van der Waals surface area contributed by atoms with E-state index in [1.165, 1.54) is 0 Å². The van der Waals surface area contributed by atoms with Gasteiger partial charge < -0.3 is 15.0 Å². The number of benzene rings is 1. The third-order valence-corrected chi connectivity index (χ3v) is 7.13. The second-order valence-electron chi connectivity index (χ2n) is 9.98. The van der Waals surface area contributed by atoms with E-state index in [4.69, 9.17) is 4.74 Å². The highest BCUT2D eigenvalue weighted by Gasteiger charge is 2.72. The standard InChI is InChI=1S/C24H30N2O3/c1-23(2,3)26-20(21(27)25-16-11-7-8-12-16)24-14-13-17(29-24)18(19(24)22(26)28)15-9-5-4-6-10-15/h4-6,9-10,13-14,16-20H,7-8,11-12H2,1-3H3,(H,25,27)/t17-,18+,19-,20+,24-/m1/s1. The second kappa shape index (κ2) is 6.43. The van der Waals surface area contributed by atoms with Crippen molar-refractivity contribution in [1.29, 1.82) is 0 Å². The van der Waals surface area contributed by atoms with Gasteiger partial charge in [0.1, 0.15) is 11.6 Å². The zero-order chi connectivity index (χ0) is 20.4. The Balaban J connectivity index is 1.56. The lowest BCUT2D eigenvalue weighted by Gasteiger charge is -2.40. The summed E-state index contributed by atoms with van der Waals surface area (Å²) in [7, 11) is 0. The van der Waals surface area contributed by atoms with Gasteiger partial charge in [0.05, 0.1) is 12.0 Å². The van der Waals surface area contributed by atoms with Crippen LogP contribution in [0, 0.1) is 5.92 Å². The number of hydrogen-bond donors (Lipinski definition) is 1. The van der Waals surface area contributed by atoms with Crippen LogP contribution in [0.5, 0.6) is 0 Å². The molecule has 1 aromatic carbocycles. The van der Waals surface area contributed by atoms with E-state index >= 15 is 0 Å². The summed E-state index contributed by atoms with van der Waals surface area (Å²) in [6.45, 7) is 6.02. The van der Waals surface area contributed by atoms with Gasteiger partial charge in [-0.2, -0.15) is 0 Å². The number of carbonyl (C=O) groups is 2. The summed E-state index contributed by atoms with van der Waals surface area (Å²) in [5.74, 6) is -0.451. The Morgan fingerprint density at radius 2 is 1.86 bits per heavy atom. The van der Waals surface area contributed by atoms with Gasteiger partial charge in [-0.3, -0.25) is 9.59 Å². The summed E-state index contributed by atoms with van der Waals surface area (Å²) in [5.41, 5.74) is -0.240. The fourth-order valence-corrected chi connectivity index (χ4v) is 6.00. The molecule has 5 rings (SSSR count). The van der Waals surface area contributed by atoms with E-state index in [1.54, 1.807) is 4.90 Å². The number of rotatable bonds is 3. The molecule has 5 atom stereocenters. The molecule has 3 aliphatic heterocycles. The highest BCUT2D eigenvalue weighted by atomic mass is 16.5. The van der Waals surface area contributed by atoms with Gasteiger partial charge in [0.2, 0.25) is 11.8 Å². The van der Waals surface area contributed by atoms with Gasteiger partial charge in [0, 0.05) is 17.5 Å². The van der Waals surface area contributed by atoms with Crippen LogP contribution in [-0.2, 0) is 14.3 Å². The van der Waals surface area contributed by atoms with Crippen LogP contribution in [0.2, 0.25) is 0 Å². The molecule has 2 bridgehead atoms. The van der Waals surface area contributed by atoms with E-state index in [1.807, 2.05) is 45.0 Å². The van der Waals surface area contributed by atoms with E-state index in [-0.39, 0.29) is 35.8 Å². The van der Waals surface area contributed by atoms with Crippen molar-refractivity contribution in [2.45, 2.75) is 81.7 Å². The first-order valence-corrected chi connectivity index (χ1v) is 10.9. The van der Waals surface area contributed by atoms with Crippen LogP contribution in [0.1, 0.15) is 57.9 Å². The zero-order valence-corrected chi connectivity index (χ0v) is 17.4. The molecular formula is C24H30N2O3. The molecule has 3 fully saturated rings. The lowest BCUT2D eigenvalue weighted by molar-refractivity contribution is -0.145. The summed E-state index contributed by atoms with van der Waals surface area (Å²) in [6.07, 6.45) is 8.25. The lowest BCUT2D eigenvalue weighted by atomic mass is 9.72. The fraction of sp³-hybridized carbons (Fsp3) is 0.583. The normalized spacial score (nSPS) is 36.1. The number of amides is 2. The maximum absolute atomic E-state index is 13.8. The summed E-state index contributed by atoms with van der Waals surface area (Å²) < 4.78 is 6.51. The molecule has 29 heavy (non-hydrogen) atoms. The number of hydrogen-bond acceptors (Lipinski definition) is 3. The van der Waals surface area contributed by atoms with Gasteiger partial charge in [-0.1, -0.05) is 55.3 Å². The number of fused-ring (bicyclic) bond motifs is 1. The van der Waals surface area contributed by atoms with E-state index in [9.17, 15) is 9.59 Å². The van der Waals surface area contributed by atoms with Crippen molar-refractivity contribution in [3.05, 3.63) is 48.0 Å². The lowest BCUT2D eigenvalue weighted by Crippen LogP contribution is -2.60. The van der Waals surface area contributed by atoms with E-state index in [2.05, 4.69) is 23.5 Å². The van der Waals surface area contributed by atoms with E-state index in [0.717, 1.165) is 31.2 Å². The summed E-state index contributed by atoms with van der Waals surface area (Å²) in [6, 6.07) is 9.71. The second-order valence-corrected chi connectivity index (χ2v) is 9.98. The molecule has 5 heteroatoms. The topological polar surface area (TPSA) is 58.6 Å². The number of carbonyl (C=O) groups excluding carboxylic acids is 2. The Bertz CT molecular complexity index is 853. The molecule has 1 aliphatic carbocycles. The van der Waals surface area contributed by atoms with Crippen LogP contribution in [0.3, 0.4) is 0 Å². The maximum Gasteiger partial charge on any atom is 0.246 e. The first kappa shape index (κ1) is 18.9. The molecule has 4 aliphatic rings. The maximum atomic E-state index is 13.8. The number of ether oxygens (including phenoxy) is 1. The third-order valence-electron chi connectivity index (χ3n) is 7.13. The molecule has 2 amide bonds. The molecule has 2 saturated heterocycles. The largest absolute Gasteiger partial charge is 0.359 e. The van der Waals surface area contributed by atoms with Gasteiger partial charge in [-0.05, 0) is 39.2 Å². The average molecular weight is 395 g/mol. The molecular weight excluding hydrogens is 364 g/mol. The number of likely N-dealkylation sites (tertiary alicyclic amines) is 1. The Labute approximate surface area is 172 Å². The van der Waals surface area contributed by atoms with Crippen molar-refractivity contribution in [3.63, 3.8) is 0 Å². The smallest absolute Gasteiger partial charge is 0.246 e. The number of nitrogens with zero attached hydrogens (tertiary/aromatic N) is 1. The summed E-state index contributed by atoms with van der Waals surface area (Å²) >= 11 is 0. The first-order chi connectivity index (χ1) is 13.8. The van der Waals surface area contributed by atoms with Crippen LogP contribution >= 0.6 is 0 Å². The Hall–Kier alpha value is -2.14. The Kier molecular flexibility index (Phi) is 4.18. The van der Waals surface area contributed by atoms with Crippen LogP contribution in [0.4, 0.5) is 0 Å². The van der Waals surface area contributed by atoms with Gasteiger partial charge >= 0.3 is 0 Å². The Morgan fingerprint density at radius 1 is 1.17 bits per heavy atom. The minimum Gasteiger partial charge on any atom is -0.359 e. The van der Waals surface area contributed by atoms with E-state index < -0.39 is 17.2 Å². The summed E-state index contributed by atoms with van der Waals surface area (Å²) in [5, 5.41) is 3.24. The molecule has 1 N–H and O–H groups in total. The Morgan fingerprint density at radius 3 is 2.52 bits per heavy atom. The predicted molar refractivity (Wildman–Crippen MR) is 110 cm³/mol. The van der Waals surface area contributed by atoms with Crippen molar-refractivity contribution >= 4 is 11.8 Å². The molecule has 5 nitrogen and oxygen atoms in total. The zero-order valence-electron chi connectivity index (χ0n) is 17.4. The van der Waals surface area contributed by atoms with Gasteiger partial charge in [0.25, 0.3) is 0 Å². The molecule has 3 heterocycles. The molecule has 1 spiro atoms. The minimum atomic E-state index is -0.877. The molecule has 1 saturated carbocycles. The quantitative estimate of drug-likeness (QED) is 0.801. The fourth-order valence-electron chi connectivity index (χ4n) is 6.00. The predicted octanol–water partition coefficient (Wildman–Crippen LogP) is 3.16. The van der Waals surface area contributed by atoms with Crippen LogP contribution in [0.15, 0.2) is 42.5 Å². The van der Waals surface area contributed by atoms with Gasteiger partial charge in [0.15, 0.2) is 0 Å². The minimum absolute atomic E-state index is 0.0322.